The zero-order valence-corrected chi connectivity index (χ0v) is 8.38. The Bertz CT molecular complexity index is 121. The van der Waals surface area contributed by atoms with Gasteiger partial charge in [0.15, 0.2) is 0 Å². The van der Waals surface area contributed by atoms with Crippen LogP contribution in [0.3, 0.4) is 0 Å². The van der Waals surface area contributed by atoms with Gasteiger partial charge in [0.05, 0.1) is 0 Å². The molecule has 0 saturated heterocycles. The molecule has 0 bridgehead atoms. The molecule has 1 unspecified atom stereocenters. The molecule has 86 valence electrons. The maximum atomic E-state index is 9.00. The Morgan fingerprint density at radius 2 is 1.71 bits per heavy atom. The highest BCUT2D eigenvalue weighted by Gasteiger charge is 1.94. The Morgan fingerprint density at radius 1 is 1.43 bits per heavy atom. The minimum Gasteiger partial charge on any atom is -0.483 e. The molecule has 4 N–H and O–H groups in total. The highest BCUT2D eigenvalue weighted by molar-refractivity contribution is 5.62. The second-order valence-corrected chi connectivity index (χ2v) is 2.42. The first-order chi connectivity index (χ1) is 6.45. The van der Waals surface area contributed by atoms with Crippen molar-refractivity contribution in [3.05, 3.63) is 0 Å². The lowest BCUT2D eigenvalue weighted by molar-refractivity contribution is -0.134. The summed E-state index contributed by atoms with van der Waals surface area (Å²) in [6.45, 7) is 3.10. The van der Waals surface area contributed by atoms with E-state index in [1.165, 1.54) is 0 Å². The average Bonchev–Trinajstić information content (AvgIpc) is 2.05. The Labute approximate surface area is 82.8 Å². The van der Waals surface area contributed by atoms with Crippen molar-refractivity contribution in [3.63, 3.8) is 0 Å². The molecule has 0 radical (unpaired) electrons. The molecule has 6 nitrogen and oxygen atoms in total. The zero-order valence-electron chi connectivity index (χ0n) is 8.38. The van der Waals surface area contributed by atoms with Crippen LogP contribution in [0.1, 0.15) is 20.3 Å². The minimum absolute atomic E-state index is 0.181. The number of carboxylic acid groups (broad SMARTS) is 2. The van der Waals surface area contributed by atoms with Gasteiger partial charge in [-0.25, -0.2) is 0 Å². The number of hydrogen-bond donors (Lipinski definition) is 4. The van der Waals surface area contributed by atoms with Gasteiger partial charge < -0.3 is 20.4 Å². The molecule has 0 saturated carbocycles. The van der Waals surface area contributed by atoms with E-state index in [1.54, 1.807) is 0 Å². The highest BCUT2D eigenvalue weighted by atomic mass is 16.4. The van der Waals surface area contributed by atoms with Crippen LogP contribution in [0, 0.1) is 5.92 Å². The fraction of sp³-hybridized carbons (Fsp3) is 0.750. The van der Waals surface area contributed by atoms with E-state index in [0.717, 1.165) is 6.92 Å². The number of aliphatic hydroxyl groups is 2. The smallest absolute Gasteiger partial charge is 0.300 e. The van der Waals surface area contributed by atoms with Crippen molar-refractivity contribution < 1.29 is 30.0 Å². The van der Waals surface area contributed by atoms with Gasteiger partial charge >= 0.3 is 0 Å². The third kappa shape index (κ3) is 70.9. The van der Waals surface area contributed by atoms with Gasteiger partial charge in [0.1, 0.15) is 0 Å². The summed E-state index contributed by atoms with van der Waals surface area (Å²) >= 11 is 0. The van der Waals surface area contributed by atoms with Crippen LogP contribution in [0.4, 0.5) is 0 Å². The van der Waals surface area contributed by atoms with Gasteiger partial charge in [0, 0.05) is 20.1 Å². The lowest BCUT2D eigenvalue weighted by Gasteiger charge is -2.01. The fourth-order valence-corrected chi connectivity index (χ4v) is 0.312. The van der Waals surface area contributed by atoms with Crippen LogP contribution in [-0.2, 0) is 9.59 Å². The Kier molecular flexibility index (Phi) is 23.7. The van der Waals surface area contributed by atoms with Crippen molar-refractivity contribution in [2.24, 2.45) is 5.92 Å². The molecule has 14 heavy (non-hydrogen) atoms. The van der Waals surface area contributed by atoms with Gasteiger partial charge in [-0.1, -0.05) is 6.92 Å². The van der Waals surface area contributed by atoms with Crippen LogP contribution in [-0.4, -0.2) is 46.1 Å². The maximum Gasteiger partial charge on any atom is 0.300 e. The molecule has 0 amide bonds. The molecule has 0 fully saturated rings. The average molecular weight is 210 g/mol. The van der Waals surface area contributed by atoms with Crippen LogP contribution in [0.5, 0.6) is 0 Å². The largest absolute Gasteiger partial charge is 0.483 e. The van der Waals surface area contributed by atoms with E-state index in [2.05, 4.69) is 0 Å². The molecule has 0 spiro atoms. The summed E-state index contributed by atoms with van der Waals surface area (Å²) in [6.07, 6.45) is 0.705. The number of aliphatic hydroxyl groups excluding tert-OH is 2. The SMILES string of the molecule is CC(=O)O.CC(CO)CCO.O=CO. The molecule has 0 aromatic rings. The van der Waals surface area contributed by atoms with E-state index in [0.29, 0.717) is 6.42 Å². The molecule has 0 aromatic carbocycles. The Morgan fingerprint density at radius 3 is 1.79 bits per heavy atom. The summed E-state index contributed by atoms with van der Waals surface area (Å²) < 4.78 is 0. The molecule has 0 heterocycles. The minimum atomic E-state index is -0.833. The highest BCUT2D eigenvalue weighted by Crippen LogP contribution is 1.96. The lowest BCUT2D eigenvalue weighted by Crippen LogP contribution is -2.01. The Hall–Kier alpha value is -1.14. The Balaban J connectivity index is -0.000000147. The van der Waals surface area contributed by atoms with E-state index >= 15 is 0 Å². The first-order valence-corrected chi connectivity index (χ1v) is 3.95. The van der Waals surface area contributed by atoms with E-state index < -0.39 is 5.97 Å². The van der Waals surface area contributed by atoms with Gasteiger partial charge in [-0.3, -0.25) is 9.59 Å². The van der Waals surface area contributed by atoms with Gasteiger partial charge in [-0.15, -0.1) is 0 Å². The van der Waals surface area contributed by atoms with Crippen LogP contribution in [0.15, 0.2) is 0 Å². The molecular formula is C8H18O6. The monoisotopic (exact) mass is 210 g/mol. The van der Waals surface area contributed by atoms with E-state index in [4.69, 9.17) is 30.0 Å². The normalized spacial score (nSPS) is 9.71. The topological polar surface area (TPSA) is 115 Å². The number of hydrogen-bond acceptors (Lipinski definition) is 4. The second kappa shape index (κ2) is 17.8. The number of carboxylic acids is 1. The van der Waals surface area contributed by atoms with Crippen molar-refractivity contribution >= 4 is 12.4 Å². The number of carbonyl (C=O) groups is 2. The van der Waals surface area contributed by atoms with Gasteiger partial charge in [0.25, 0.3) is 12.4 Å². The number of rotatable bonds is 3. The molecule has 1 atom stereocenters. The van der Waals surface area contributed by atoms with Crippen LogP contribution >= 0.6 is 0 Å². The van der Waals surface area contributed by atoms with Crippen molar-refractivity contribution in [3.8, 4) is 0 Å². The lowest BCUT2D eigenvalue weighted by atomic mass is 10.1. The van der Waals surface area contributed by atoms with Crippen LogP contribution < -0.4 is 0 Å². The third-order valence-corrected chi connectivity index (χ3v) is 0.934. The van der Waals surface area contributed by atoms with Crippen molar-refractivity contribution in [1.29, 1.82) is 0 Å². The van der Waals surface area contributed by atoms with E-state index in [1.807, 2.05) is 6.92 Å². The summed E-state index contributed by atoms with van der Waals surface area (Å²) in [7, 11) is 0. The zero-order chi connectivity index (χ0) is 12.0. The molecular weight excluding hydrogens is 192 g/mol. The van der Waals surface area contributed by atoms with Crippen molar-refractivity contribution in [1.82, 2.24) is 0 Å². The predicted octanol–water partition coefficient (Wildman–Crippen LogP) is -0.211. The van der Waals surface area contributed by atoms with Crippen molar-refractivity contribution in [2.75, 3.05) is 13.2 Å². The molecule has 6 heteroatoms. The van der Waals surface area contributed by atoms with E-state index in [-0.39, 0.29) is 25.6 Å². The second-order valence-electron chi connectivity index (χ2n) is 2.42. The third-order valence-electron chi connectivity index (χ3n) is 0.934. The van der Waals surface area contributed by atoms with E-state index in [9.17, 15) is 0 Å². The van der Waals surface area contributed by atoms with Gasteiger partial charge in [0.2, 0.25) is 0 Å². The summed E-state index contributed by atoms with van der Waals surface area (Å²) in [4.78, 5) is 17.4. The molecule has 0 aliphatic carbocycles. The first kappa shape index (κ1) is 18.6. The summed E-state index contributed by atoms with van der Waals surface area (Å²) in [5.41, 5.74) is 0. The van der Waals surface area contributed by atoms with Gasteiger partial charge in [-0.05, 0) is 12.3 Å². The van der Waals surface area contributed by atoms with Gasteiger partial charge in [-0.2, -0.15) is 0 Å². The maximum absolute atomic E-state index is 9.00. The quantitative estimate of drug-likeness (QED) is 0.479. The summed E-state index contributed by atoms with van der Waals surface area (Å²) in [6, 6.07) is 0. The first-order valence-electron chi connectivity index (χ1n) is 3.95. The van der Waals surface area contributed by atoms with Crippen LogP contribution in [0.25, 0.3) is 0 Å². The molecule has 0 rings (SSSR count). The van der Waals surface area contributed by atoms with Crippen LogP contribution in [0.2, 0.25) is 0 Å². The molecule has 0 aromatic heterocycles. The van der Waals surface area contributed by atoms with Crippen molar-refractivity contribution in [2.45, 2.75) is 20.3 Å². The summed E-state index contributed by atoms with van der Waals surface area (Å²) in [5.74, 6) is -0.579. The predicted molar refractivity (Wildman–Crippen MR) is 50.0 cm³/mol. The molecule has 0 aliphatic heterocycles. The standard InChI is InChI=1S/C5H12O2.C2H4O2.CH2O2/c1-5(4-7)2-3-6;1-2(3)4;2-1-3/h5-7H,2-4H2,1H3;1H3,(H,3,4);1H,(H,2,3). The number of aliphatic carboxylic acids is 1. The summed E-state index contributed by atoms with van der Waals surface area (Å²) in [5, 5.41) is 30.9. The molecule has 0 aliphatic rings. The fourth-order valence-electron chi connectivity index (χ4n) is 0.312.